The summed E-state index contributed by atoms with van der Waals surface area (Å²) in [6.07, 6.45) is 51.9. The van der Waals surface area contributed by atoms with Gasteiger partial charge in [-0.2, -0.15) is 0 Å². The third-order valence-electron chi connectivity index (χ3n) is 11.5. The minimum absolute atomic E-state index is 0.0674. The summed E-state index contributed by atoms with van der Waals surface area (Å²) >= 11 is 0. The number of unbranched alkanes of at least 4 members (excludes halogenated alkanes) is 34. The first-order valence-corrected chi connectivity index (χ1v) is 25.7. The smallest absolute Gasteiger partial charge is 0.306 e. The van der Waals surface area contributed by atoms with E-state index in [0.29, 0.717) is 19.3 Å². The van der Waals surface area contributed by atoms with Gasteiger partial charge in [-0.15, -0.1) is 0 Å². The Morgan fingerprint density at radius 2 is 0.569 bits per heavy atom. The zero-order chi connectivity index (χ0) is 42.3. The second-order valence-electron chi connectivity index (χ2n) is 17.4. The van der Waals surface area contributed by atoms with Gasteiger partial charge in [0.25, 0.3) is 0 Å². The predicted molar refractivity (Wildman–Crippen MR) is 247 cm³/mol. The van der Waals surface area contributed by atoms with Gasteiger partial charge in [-0.05, 0) is 44.9 Å². The predicted octanol–water partition coefficient (Wildman–Crippen LogP) is 16.6. The Labute approximate surface area is 360 Å². The standard InChI is InChI=1S/C52H98O6/c1-4-7-10-13-16-19-22-25-26-27-28-31-33-36-39-42-45-51(54)57-48-49(58-52(55)46-43-40-37-34-30-24-21-18-15-12-9-6-3)47-56-50(53)44-41-38-35-32-29-23-20-17-14-11-8-5-2/h26-27,49H,4-25,28-48H2,1-3H3/b27-26-. The van der Waals surface area contributed by atoms with Crippen LogP contribution in [0.4, 0.5) is 0 Å². The van der Waals surface area contributed by atoms with Crippen LogP contribution in [-0.2, 0) is 28.6 Å². The van der Waals surface area contributed by atoms with Gasteiger partial charge in [0.15, 0.2) is 6.10 Å². The van der Waals surface area contributed by atoms with Gasteiger partial charge in [0, 0.05) is 19.3 Å². The second kappa shape index (κ2) is 47.8. The number of carbonyl (C=O) groups is 3. The summed E-state index contributed by atoms with van der Waals surface area (Å²) in [5, 5.41) is 0. The molecule has 1 unspecified atom stereocenters. The molecular formula is C52H98O6. The van der Waals surface area contributed by atoms with Gasteiger partial charge in [0.1, 0.15) is 13.2 Å². The minimum atomic E-state index is -0.765. The fourth-order valence-electron chi connectivity index (χ4n) is 7.61. The molecule has 0 rings (SSSR count). The van der Waals surface area contributed by atoms with Crippen LogP contribution >= 0.6 is 0 Å². The molecule has 0 bridgehead atoms. The molecule has 0 spiro atoms. The summed E-state index contributed by atoms with van der Waals surface area (Å²) < 4.78 is 16.8. The van der Waals surface area contributed by atoms with E-state index < -0.39 is 6.10 Å². The molecule has 0 saturated carbocycles. The van der Waals surface area contributed by atoms with Crippen molar-refractivity contribution in [3.05, 3.63) is 12.2 Å². The van der Waals surface area contributed by atoms with E-state index in [4.69, 9.17) is 14.2 Å². The van der Waals surface area contributed by atoms with Crippen LogP contribution in [0.3, 0.4) is 0 Å². The first kappa shape index (κ1) is 56.1. The highest BCUT2D eigenvalue weighted by Crippen LogP contribution is 2.16. The largest absolute Gasteiger partial charge is 0.462 e. The summed E-state index contributed by atoms with van der Waals surface area (Å²) in [7, 11) is 0. The number of allylic oxidation sites excluding steroid dienone is 2. The van der Waals surface area contributed by atoms with Crippen LogP contribution in [0.1, 0.15) is 284 Å². The number of esters is 3. The Morgan fingerprint density at radius 1 is 0.328 bits per heavy atom. The first-order valence-electron chi connectivity index (χ1n) is 25.7. The molecule has 0 amide bonds. The van der Waals surface area contributed by atoms with E-state index in [1.165, 1.54) is 180 Å². The molecule has 0 aromatic carbocycles. The zero-order valence-electron chi connectivity index (χ0n) is 39.1. The van der Waals surface area contributed by atoms with Crippen molar-refractivity contribution in [3.8, 4) is 0 Å². The molecule has 6 heteroatoms. The van der Waals surface area contributed by atoms with Gasteiger partial charge in [0.05, 0.1) is 0 Å². The minimum Gasteiger partial charge on any atom is -0.462 e. The van der Waals surface area contributed by atoms with Crippen LogP contribution in [0.15, 0.2) is 12.2 Å². The average Bonchev–Trinajstić information content (AvgIpc) is 3.22. The Kier molecular flexibility index (Phi) is 46.3. The third kappa shape index (κ3) is 45.2. The van der Waals surface area contributed by atoms with E-state index in [0.717, 1.165) is 64.2 Å². The maximum atomic E-state index is 12.8. The highest BCUT2D eigenvalue weighted by Gasteiger charge is 2.19. The van der Waals surface area contributed by atoms with Gasteiger partial charge >= 0.3 is 17.9 Å². The van der Waals surface area contributed by atoms with E-state index in [9.17, 15) is 14.4 Å². The summed E-state index contributed by atoms with van der Waals surface area (Å²) in [4.78, 5) is 37.9. The van der Waals surface area contributed by atoms with Crippen molar-refractivity contribution in [2.75, 3.05) is 13.2 Å². The lowest BCUT2D eigenvalue weighted by atomic mass is 10.0. The molecule has 6 nitrogen and oxygen atoms in total. The van der Waals surface area contributed by atoms with Crippen LogP contribution in [0.25, 0.3) is 0 Å². The van der Waals surface area contributed by atoms with Gasteiger partial charge in [0.2, 0.25) is 0 Å². The summed E-state index contributed by atoms with van der Waals surface area (Å²) in [5.74, 6) is -0.861. The quantitative estimate of drug-likeness (QED) is 0.0263. The SMILES string of the molecule is CCCCCCCCC/C=C\CCCCCCCC(=O)OCC(COC(=O)CCCCCCCCCCCCCC)OC(=O)CCCCCCCCCCCCCC. The Morgan fingerprint density at radius 3 is 0.862 bits per heavy atom. The highest BCUT2D eigenvalue weighted by molar-refractivity contribution is 5.71. The molecule has 0 aliphatic heterocycles. The van der Waals surface area contributed by atoms with E-state index in [1.807, 2.05) is 0 Å². The summed E-state index contributed by atoms with van der Waals surface area (Å²) in [6.45, 7) is 6.65. The van der Waals surface area contributed by atoms with E-state index in [2.05, 4.69) is 32.9 Å². The molecule has 0 saturated heterocycles. The lowest BCUT2D eigenvalue weighted by Gasteiger charge is -2.18. The molecule has 0 aromatic rings. The Hall–Kier alpha value is -1.85. The van der Waals surface area contributed by atoms with E-state index in [-0.39, 0.29) is 31.1 Å². The molecule has 0 fully saturated rings. The lowest BCUT2D eigenvalue weighted by Crippen LogP contribution is -2.30. The third-order valence-corrected chi connectivity index (χ3v) is 11.5. The van der Waals surface area contributed by atoms with Crippen molar-refractivity contribution in [2.24, 2.45) is 0 Å². The highest BCUT2D eigenvalue weighted by atomic mass is 16.6. The monoisotopic (exact) mass is 819 g/mol. The van der Waals surface area contributed by atoms with Crippen molar-refractivity contribution in [1.29, 1.82) is 0 Å². The number of carbonyl (C=O) groups excluding carboxylic acids is 3. The van der Waals surface area contributed by atoms with Crippen LogP contribution < -0.4 is 0 Å². The molecular weight excluding hydrogens is 721 g/mol. The van der Waals surface area contributed by atoms with E-state index in [1.54, 1.807) is 0 Å². The van der Waals surface area contributed by atoms with Crippen molar-refractivity contribution >= 4 is 17.9 Å². The van der Waals surface area contributed by atoms with Gasteiger partial charge < -0.3 is 14.2 Å². The second-order valence-corrected chi connectivity index (χ2v) is 17.4. The lowest BCUT2D eigenvalue weighted by molar-refractivity contribution is -0.167. The fourth-order valence-corrected chi connectivity index (χ4v) is 7.61. The maximum Gasteiger partial charge on any atom is 0.306 e. The molecule has 1 atom stereocenters. The number of rotatable bonds is 47. The van der Waals surface area contributed by atoms with Crippen LogP contribution in [0, 0.1) is 0 Å². The maximum absolute atomic E-state index is 12.8. The summed E-state index contributed by atoms with van der Waals surface area (Å²) in [6, 6.07) is 0. The number of hydrogen-bond acceptors (Lipinski definition) is 6. The number of ether oxygens (including phenoxy) is 3. The zero-order valence-corrected chi connectivity index (χ0v) is 39.1. The fraction of sp³-hybridized carbons (Fsp3) is 0.904. The van der Waals surface area contributed by atoms with E-state index >= 15 is 0 Å². The van der Waals surface area contributed by atoms with Crippen molar-refractivity contribution < 1.29 is 28.6 Å². The first-order chi connectivity index (χ1) is 28.5. The Balaban J connectivity index is 4.32. The summed E-state index contributed by atoms with van der Waals surface area (Å²) in [5.41, 5.74) is 0. The van der Waals surface area contributed by atoms with Crippen molar-refractivity contribution in [1.82, 2.24) is 0 Å². The van der Waals surface area contributed by atoms with Crippen molar-refractivity contribution in [2.45, 2.75) is 290 Å². The average molecular weight is 819 g/mol. The molecule has 0 N–H and O–H groups in total. The van der Waals surface area contributed by atoms with Crippen LogP contribution in [0.5, 0.6) is 0 Å². The molecule has 0 heterocycles. The van der Waals surface area contributed by atoms with Gasteiger partial charge in [-0.3, -0.25) is 14.4 Å². The normalized spacial score (nSPS) is 12.0. The van der Waals surface area contributed by atoms with Crippen molar-refractivity contribution in [3.63, 3.8) is 0 Å². The molecule has 342 valence electrons. The molecule has 0 aliphatic rings. The van der Waals surface area contributed by atoms with Gasteiger partial charge in [-0.25, -0.2) is 0 Å². The van der Waals surface area contributed by atoms with Crippen LogP contribution in [-0.4, -0.2) is 37.2 Å². The molecule has 0 aromatic heterocycles. The Bertz CT molecular complexity index is 900. The van der Waals surface area contributed by atoms with Gasteiger partial charge in [-0.1, -0.05) is 232 Å². The topological polar surface area (TPSA) is 78.9 Å². The molecule has 0 radical (unpaired) electrons. The molecule has 58 heavy (non-hydrogen) atoms. The van der Waals surface area contributed by atoms with Crippen LogP contribution in [0.2, 0.25) is 0 Å². The number of hydrogen-bond donors (Lipinski definition) is 0. The molecule has 0 aliphatic carbocycles.